The van der Waals surface area contributed by atoms with Gasteiger partial charge in [0.25, 0.3) is 0 Å². The van der Waals surface area contributed by atoms with Crippen LogP contribution >= 0.6 is 0 Å². The number of ether oxygens (including phenoxy) is 1. The van der Waals surface area contributed by atoms with Crippen molar-refractivity contribution in [1.82, 2.24) is 0 Å². The molecule has 0 amide bonds. The average Bonchev–Trinajstić information content (AvgIpc) is 2.40. The van der Waals surface area contributed by atoms with E-state index in [2.05, 4.69) is 0 Å². The van der Waals surface area contributed by atoms with Crippen LogP contribution in [-0.4, -0.2) is 23.8 Å². The van der Waals surface area contributed by atoms with E-state index in [1.807, 2.05) is 6.92 Å². The van der Waals surface area contributed by atoms with Crippen LogP contribution in [0.5, 0.6) is 0 Å². The van der Waals surface area contributed by atoms with Gasteiger partial charge in [0, 0.05) is 6.61 Å². The Kier molecular flexibility index (Phi) is 2.88. The Morgan fingerprint density at radius 3 is 2.91 bits per heavy atom. The summed E-state index contributed by atoms with van der Waals surface area (Å²) in [6, 6.07) is 0. The molecule has 1 aliphatic heterocycles. The normalized spacial score (nSPS) is 26.8. The smallest absolute Gasteiger partial charge is 0.309 e. The molecule has 64 valence electrons. The molecule has 0 aliphatic carbocycles. The third-order valence-electron chi connectivity index (χ3n) is 2.17. The first-order valence-electron chi connectivity index (χ1n) is 4.10. The van der Waals surface area contributed by atoms with E-state index in [0.29, 0.717) is 6.42 Å². The zero-order valence-corrected chi connectivity index (χ0v) is 6.75. The highest BCUT2D eigenvalue weighted by Crippen LogP contribution is 2.22. The van der Waals surface area contributed by atoms with Crippen LogP contribution in [-0.2, 0) is 9.53 Å². The fourth-order valence-corrected chi connectivity index (χ4v) is 1.52. The SMILES string of the molecule is CC[C@@H](C(=O)O)[C@@H]1CCCO1. The summed E-state index contributed by atoms with van der Waals surface area (Å²) in [6.45, 7) is 2.62. The summed E-state index contributed by atoms with van der Waals surface area (Å²) in [5, 5.41) is 8.75. The quantitative estimate of drug-likeness (QED) is 0.673. The number of carboxylic acid groups (broad SMARTS) is 1. The first kappa shape index (κ1) is 8.53. The van der Waals surface area contributed by atoms with Gasteiger partial charge in [0.15, 0.2) is 0 Å². The molecule has 1 saturated heterocycles. The van der Waals surface area contributed by atoms with E-state index in [9.17, 15) is 4.79 Å². The lowest BCUT2D eigenvalue weighted by Gasteiger charge is -2.16. The first-order valence-corrected chi connectivity index (χ1v) is 4.10. The Morgan fingerprint density at radius 2 is 2.55 bits per heavy atom. The predicted molar refractivity (Wildman–Crippen MR) is 40.4 cm³/mol. The van der Waals surface area contributed by atoms with Crippen molar-refractivity contribution in [1.29, 1.82) is 0 Å². The molecule has 1 fully saturated rings. The van der Waals surface area contributed by atoms with Crippen molar-refractivity contribution in [2.45, 2.75) is 32.3 Å². The van der Waals surface area contributed by atoms with Crippen LogP contribution in [0.25, 0.3) is 0 Å². The topological polar surface area (TPSA) is 46.5 Å². The molecule has 11 heavy (non-hydrogen) atoms. The van der Waals surface area contributed by atoms with Gasteiger partial charge >= 0.3 is 5.97 Å². The van der Waals surface area contributed by atoms with E-state index in [1.54, 1.807) is 0 Å². The van der Waals surface area contributed by atoms with Crippen molar-refractivity contribution in [3.8, 4) is 0 Å². The fraction of sp³-hybridized carbons (Fsp3) is 0.875. The van der Waals surface area contributed by atoms with Crippen molar-refractivity contribution in [3.05, 3.63) is 0 Å². The summed E-state index contributed by atoms with van der Waals surface area (Å²) < 4.78 is 5.29. The van der Waals surface area contributed by atoms with E-state index < -0.39 is 5.97 Å². The molecule has 0 aromatic rings. The second-order valence-corrected chi connectivity index (χ2v) is 2.90. The van der Waals surface area contributed by atoms with Crippen LogP contribution in [0.2, 0.25) is 0 Å². The lowest BCUT2D eigenvalue weighted by Crippen LogP contribution is -2.26. The Hall–Kier alpha value is -0.570. The van der Waals surface area contributed by atoms with Crippen LogP contribution in [0.4, 0.5) is 0 Å². The summed E-state index contributed by atoms with van der Waals surface area (Å²) in [6.07, 6.45) is 2.55. The molecule has 1 N–H and O–H groups in total. The van der Waals surface area contributed by atoms with Gasteiger partial charge in [-0.25, -0.2) is 0 Å². The molecular formula is C8H14O3. The number of aliphatic carboxylic acids is 1. The second-order valence-electron chi connectivity index (χ2n) is 2.90. The molecular weight excluding hydrogens is 144 g/mol. The van der Waals surface area contributed by atoms with Gasteiger partial charge in [0.05, 0.1) is 12.0 Å². The molecule has 1 rings (SSSR count). The molecule has 0 bridgehead atoms. The number of hydrogen-bond donors (Lipinski definition) is 1. The van der Waals surface area contributed by atoms with Gasteiger partial charge in [-0.3, -0.25) is 4.79 Å². The lowest BCUT2D eigenvalue weighted by atomic mass is 9.98. The molecule has 0 radical (unpaired) electrons. The van der Waals surface area contributed by atoms with E-state index in [4.69, 9.17) is 9.84 Å². The molecule has 0 spiro atoms. The van der Waals surface area contributed by atoms with Gasteiger partial charge < -0.3 is 9.84 Å². The minimum atomic E-state index is -0.723. The fourth-order valence-electron chi connectivity index (χ4n) is 1.52. The molecule has 2 atom stereocenters. The zero-order valence-electron chi connectivity index (χ0n) is 6.75. The Balaban J connectivity index is 2.46. The van der Waals surface area contributed by atoms with E-state index >= 15 is 0 Å². The van der Waals surface area contributed by atoms with Crippen molar-refractivity contribution in [2.75, 3.05) is 6.61 Å². The minimum absolute atomic E-state index is 0.0301. The van der Waals surface area contributed by atoms with Crippen LogP contribution < -0.4 is 0 Å². The summed E-state index contributed by atoms with van der Waals surface area (Å²) >= 11 is 0. The largest absolute Gasteiger partial charge is 0.481 e. The maximum atomic E-state index is 10.6. The minimum Gasteiger partial charge on any atom is -0.481 e. The van der Waals surface area contributed by atoms with E-state index in [-0.39, 0.29) is 12.0 Å². The summed E-state index contributed by atoms with van der Waals surface area (Å²) in [4.78, 5) is 10.6. The maximum absolute atomic E-state index is 10.6. The molecule has 0 aromatic carbocycles. The Morgan fingerprint density at radius 1 is 1.82 bits per heavy atom. The van der Waals surface area contributed by atoms with Gasteiger partial charge in [0.2, 0.25) is 0 Å². The predicted octanol–water partition coefficient (Wildman–Crippen LogP) is 1.28. The first-order chi connectivity index (χ1) is 5.25. The Labute approximate surface area is 66.4 Å². The number of carbonyl (C=O) groups is 1. The highest BCUT2D eigenvalue weighted by Gasteiger charge is 2.29. The van der Waals surface area contributed by atoms with E-state index in [1.165, 1.54) is 0 Å². The zero-order chi connectivity index (χ0) is 8.27. The van der Waals surface area contributed by atoms with E-state index in [0.717, 1.165) is 19.4 Å². The molecule has 1 heterocycles. The van der Waals surface area contributed by atoms with Crippen molar-refractivity contribution >= 4 is 5.97 Å². The highest BCUT2D eigenvalue weighted by molar-refractivity contribution is 5.70. The molecule has 3 nitrogen and oxygen atoms in total. The maximum Gasteiger partial charge on any atom is 0.309 e. The highest BCUT2D eigenvalue weighted by atomic mass is 16.5. The van der Waals surface area contributed by atoms with Gasteiger partial charge in [-0.15, -0.1) is 0 Å². The van der Waals surface area contributed by atoms with Crippen LogP contribution in [0.1, 0.15) is 26.2 Å². The monoisotopic (exact) mass is 158 g/mol. The number of carboxylic acids is 1. The summed E-state index contributed by atoms with van der Waals surface area (Å²) in [7, 11) is 0. The lowest BCUT2D eigenvalue weighted by molar-refractivity contribution is -0.146. The van der Waals surface area contributed by atoms with Crippen molar-refractivity contribution in [3.63, 3.8) is 0 Å². The molecule has 0 saturated carbocycles. The molecule has 0 aromatic heterocycles. The third kappa shape index (κ3) is 1.93. The third-order valence-corrected chi connectivity index (χ3v) is 2.17. The molecule has 1 aliphatic rings. The second kappa shape index (κ2) is 3.72. The average molecular weight is 158 g/mol. The van der Waals surface area contributed by atoms with Crippen molar-refractivity contribution < 1.29 is 14.6 Å². The summed E-state index contributed by atoms with van der Waals surface area (Å²) in [5.74, 6) is -1.02. The van der Waals surface area contributed by atoms with Crippen LogP contribution in [0.3, 0.4) is 0 Å². The van der Waals surface area contributed by atoms with Crippen molar-refractivity contribution in [2.24, 2.45) is 5.92 Å². The summed E-state index contributed by atoms with van der Waals surface area (Å²) in [5.41, 5.74) is 0. The number of hydrogen-bond acceptors (Lipinski definition) is 2. The molecule has 3 heteroatoms. The van der Waals surface area contributed by atoms with Gasteiger partial charge in [0.1, 0.15) is 0 Å². The molecule has 0 unspecified atom stereocenters. The van der Waals surface area contributed by atoms with Gasteiger partial charge in [-0.05, 0) is 19.3 Å². The Bertz CT molecular complexity index is 138. The van der Waals surface area contributed by atoms with Gasteiger partial charge in [-0.1, -0.05) is 6.92 Å². The number of rotatable bonds is 3. The van der Waals surface area contributed by atoms with Crippen LogP contribution in [0, 0.1) is 5.92 Å². The standard InChI is InChI=1S/C8H14O3/c1-2-6(8(9)10)7-4-3-5-11-7/h6-7H,2-5H2,1H3,(H,9,10)/t6-,7+/m1/s1. The van der Waals surface area contributed by atoms with Crippen LogP contribution in [0.15, 0.2) is 0 Å². The van der Waals surface area contributed by atoms with Gasteiger partial charge in [-0.2, -0.15) is 0 Å².